The van der Waals surface area contributed by atoms with Gasteiger partial charge in [0.05, 0.1) is 12.7 Å². The minimum atomic E-state index is -0.405. The Balaban J connectivity index is 2.18. The van der Waals surface area contributed by atoms with Crippen LogP contribution >= 0.6 is 27.7 Å². The first-order chi connectivity index (χ1) is 11.5. The smallest absolute Gasteiger partial charge is 0.257 e. The van der Waals surface area contributed by atoms with E-state index in [4.69, 9.17) is 4.74 Å². The zero-order chi connectivity index (χ0) is 17.3. The van der Waals surface area contributed by atoms with Crippen LogP contribution in [0.15, 0.2) is 32.6 Å². The van der Waals surface area contributed by atoms with Crippen LogP contribution in [0.25, 0.3) is 0 Å². The number of nitrogens with zero attached hydrogens (tertiary/aromatic N) is 1. The van der Waals surface area contributed by atoms with Crippen LogP contribution in [0, 0.1) is 0 Å². The van der Waals surface area contributed by atoms with E-state index >= 15 is 0 Å². The molecule has 0 saturated carbocycles. The third-order valence-corrected chi connectivity index (χ3v) is 5.03. The molecule has 2 N–H and O–H groups in total. The quantitative estimate of drug-likeness (QED) is 0.598. The van der Waals surface area contributed by atoms with E-state index in [2.05, 4.69) is 31.2 Å². The molecule has 0 fully saturated rings. The average molecular weight is 410 g/mol. The zero-order valence-electron chi connectivity index (χ0n) is 13.2. The molecule has 2 aromatic rings. The maximum atomic E-state index is 12.6. The average Bonchev–Trinajstić information content (AvgIpc) is 2.54. The second-order valence-electron chi connectivity index (χ2n) is 5.26. The number of ether oxygens (including phenoxy) is 1. The largest absolute Gasteiger partial charge is 0.496 e. The number of hydrogen-bond donors (Lipinski definition) is 2. The third kappa shape index (κ3) is 3.21. The number of fused-ring (bicyclic) bond motifs is 1. The van der Waals surface area contributed by atoms with E-state index in [1.165, 1.54) is 11.8 Å². The highest BCUT2D eigenvalue weighted by Crippen LogP contribution is 2.39. The number of rotatable bonds is 4. The SMILES string of the molecule is CCSc1nc2c(c(=O)[nH]1)C(c1cc(Br)ccc1OC)CC(=O)N2. The molecule has 1 aliphatic rings. The Morgan fingerprint density at radius 1 is 1.42 bits per heavy atom. The maximum absolute atomic E-state index is 12.6. The first kappa shape index (κ1) is 17.0. The predicted octanol–water partition coefficient (Wildman–Crippen LogP) is 3.13. The van der Waals surface area contributed by atoms with Gasteiger partial charge in [-0.05, 0) is 24.0 Å². The van der Waals surface area contributed by atoms with Gasteiger partial charge >= 0.3 is 0 Å². The van der Waals surface area contributed by atoms with Crippen molar-refractivity contribution in [1.29, 1.82) is 0 Å². The molecule has 6 nitrogen and oxygen atoms in total. The summed E-state index contributed by atoms with van der Waals surface area (Å²) >= 11 is 4.86. The monoisotopic (exact) mass is 409 g/mol. The van der Waals surface area contributed by atoms with Gasteiger partial charge in [0.15, 0.2) is 5.16 Å². The first-order valence-electron chi connectivity index (χ1n) is 7.43. The molecule has 1 atom stereocenters. The molecule has 24 heavy (non-hydrogen) atoms. The molecular formula is C16H16BrN3O3S. The molecular weight excluding hydrogens is 394 g/mol. The number of amides is 1. The molecule has 1 aromatic carbocycles. The number of anilines is 1. The molecule has 0 spiro atoms. The lowest BCUT2D eigenvalue weighted by molar-refractivity contribution is -0.116. The molecule has 1 unspecified atom stereocenters. The highest BCUT2D eigenvalue weighted by molar-refractivity contribution is 9.10. The Bertz CT molecular complexity index is 853. The van der Waals surface area contributed by atoms with Gasteiger partial charge in [0.2, 0.25) is 5.91 Å². The van der Waals surface area contributed by atoms with Crippen LogP contribution in [0.2, 0.25) is 0 Å². The van der Waals surface area contributed by atoms with Crippen molar-refractivity contribution in [2.75, 3.05) is 18.2 Å². The number of aromatic amines is 1. The van der Waals surface area contributed by atoms with Gasteiger partial charge in [0, 0.05) is 22.4 Å². The van der Waals surface area contributed by atoms with E-state index in [-0.39, 0.29) is 17.9 Å². The van der Waals surface area contributed by atoms with Crippen LogP contribution in [-0.2, 0) is 4.79 Å². The Morgan fingerprint density at radius 3 is 2.92 bits per heavy atom. The number of hydrogen-bond acceptors (Lipinski definition) is 5. The molecule has 8 heteroatoms. The van der Waals surface area contributed by atoms with E-state index in [1.807, 2.05) is 25.1 Å². The lowest BCUT2D eigenvalue weighted by atomic mass is 9.86. The van der Waals surface area contributed by atoms with Gasteiger partial charge in [-0.1, -0.05) is 34.6 Å². The van der Waals surface area contributed by atoms with Crippen LogP contribution in [0.1, 0.15) is 30.4 Å². The van der Waals surface area contributed by atoms with Gasteiger partial charge in [0.25, 0.3) is 5.56 Å². The maximum Gasteiger partial charge on any atom is 0.257 e. The predicted molar refractivity (Wildman–Crippen MR) is 97.0 cm³/mol. The number of thioether (sulfide) groups is 1. The van der Waals surface area contributed by atoms with Crippen molar-refractivity contribution >= 4 is 39.4 Å². The molecule has 0 radical (unpaired) electrons. The summed E-state index contributed by atoms with van der Waals surface area (Å²) in [5.74, 6) is 1.17. The van der Waals surface area contributed by atoms with Gasteiger partial charge in [-0.15, -0.1) is 0 Å². The van der Waals surface area contributed by atoms with Gasteiger partial charge < -0.3 is 15.0 Å². The topological polar surface area (TPSA) is 84.1 Å². The molecule has 126 valence electrons. The third-order valence-electron chi connectivity index (χ3n) is 3.78. The van der Waals surface area contributed by atoms with Crippen LogP contribution in [-0.4, -0.2) is 28.7 Å². The molecule has 0 aliphatic carbocycles. The van der Waals surface area contributed by atoms with Crippen molar-refractivity contribution < 1.29 is 9.53 Å². The van der Waals surface area contributed by atoms with Crippen LogP contribution in [0.4, 0.5) is 5.82 Å². The Morgan fingerprint density at radius 2 is 2.21 bits per heavy atom. The fraction of sp³-hybridized carbons (Fsp3) is 0.312. The van der Waals surface area contributed by atoms with E-state index in [9.17, 15) is 9.59 Å². The van der Waals surface area contributed by atoms with Crippen LogP contribution in [0.3, 0.4) is 0 Å². The number of H-pyrrole nitrogens is 1. The van der Waals surface area contributed by atoms with Crippen molar-refractivity contribution in [1.82, 2.24) is 9.97 Å². The standard InChI is InChI=1S/C16H16BrN3O3S/c1-3-24-16-19-14-13(15(22)20-16)10(7-12(21)18-14)9-6-8(17)4-5-11(9)23-2/h4-6,10H,3,7H2,1-2H3,(H2,18,19,20,21,22). The van der Waals surface area contributed by atoms with Crippen molar-refractivity contribution in [3.63, 3.8) is 0 Å². The lowest BCUT2D eigenvalue weighted by Gasteiger charge is -2.25. The second kappa shape index (κ2) is 6.98. The molecule has 1 amide bonds. The first-order valence-corrected chi connectivity index (χ1v) is 9.21. The highest BCUT2D eigenvalue weighted by Gasteiger charge is 2.32. The number of carbonyl (C=O) groups is 1. The molecule has 1 aliphatic heterocycles. The van der Waals surface area contributed by atoms with Crippen molar-refractivity contribution in [2.45, 2.75) is 24.4 Å². The highest BCUT2D eigenvalue weighted by atomic mass is 79.9. The van der Waals surface area contributed by atoms with E-state index < -0.39 is 5.92 Å². The van der Waals surface area contributed by atoms with Gasteiger partial charge in [-0.2, -0.15) is 0 Å². The molecule has 0 saturated heterocycles. The number of halogens is 1. The van der Waals surface area contributed by atoms with E-state index in [0.717, 1.165) is 15.8 Å². The Hall–Kier alpha value is -1.80. The fourth-order valence-corrected chi connectivity index (χ4v) is 3.77. The van der Waals surface area contributed by atoms with Gasteiger partial charge in [0.1, 0.15) is 11.6 Å². The number of methoxy groups -OCH3 is 1. The summed E-state index contributed by atoms with van der Waals surface area (Å²) in [6, 6.07) is 5.55. The number of aromatic nitrogens is 2. The summed E-state index contributed by atoms with van der Waals surface area (Å²) < 4.78 is 6.27. The minimum Gasteiger partial charge on any atom is -0.496 e. The molecule has 3 rings (SSSR count). The van der Waals surface area contributed by atoms with Crippen molar-refractivity contribution in [3.8, 4) is 5.75 Å². The van der Waals surface area contributed by atoms with E-state index in [1.54, 1.807) is 7.11 Å². The second-order valence-corrected chi connectivity index (χ2v) is 7.43. The summed E-state index contributed by atoms with van der Waals surface area (Å²) in [7, 11) is 1.57. The number of nitrogens with one attached hydrogen (secondary N) is 2. The zero-order valence-corrected chi connectivity index (χ0v) is 15.6. The summed E-state index contributed by atoms with van der Waals surface area (Å²) in [5, 5.41) is 3.22. The van der Waals surface area contributed by atoms with Gasteiger partial charge in [-0.3, -0.25) is 9.59 Å². The van der Waals surface area contributed by atoms with Crippen molar-refractivity contribution in [2.24, 2.45) is 0 Å². The summed E-state index contributed by atoms with van der Waals surface area (Å²) in [5.41, 5.74) is 1.01. The fourth-order valence-electron chi connectivity index (χ4n) is 2.80. The van der Waals surface area contributed by atoms with E-state index in [0.29, 0.717) is 22.3 Å². The normalized spacial score (nSPS) is 16.5. The Kier molecular flexibility index (Phi) is 4.96. The summed E-state index contributed by atoms with van der Waals surface area (Å²) in [6.07, 6.45) is 0.171. The lowest BCUT2D eigenvalue weighted by Crippen LogP contribution is -2.31. The molecule has 0 bridgehead atoms. The van der Waals surface area contributed by atoms with Gasteiger partial charge in [-0.25, -0.2) is 4.98 Å². The molecule has 1 aromatic heterocycles. The van der Waals surface area contributed by atoms with Crippen molar-refractivity contribution in [3.05, 3.63) is 44.2 Å². The summed E-state index contributed by atoms with van der Waals surface area (Å²) in [6.45, 7) is 1.97. The minimum absolute atomic E-state index is 0.167. The number of carbonyl (C=O) groups excluding carboxylic acids is 1. The summed E-state index contributed by atoms with van der Waals surface area (Å²) in [4.78, 5) is 32.0. The van der Waals surface area contributed by atoms with Crippen LogP contribution < -0.4 is 15.6 Å². The number of benzene rings is 1. The van der Waals surface area contributed by atoms with Crippen LogP contribution in [0.5, 0.6) is 5.75 Å². The molecule has 2 heterocycles. The Labute approximate surface area is 151 Å².